The van der Waals surface area contributed by atoms with Crippen molar-refractivity contribution in [1.29, 1.82) is 0 Å². The minimum Gasteiger partial charge on any atom is -0.396 e. The second-order valence-electron chi connectivity index (χ2n) is 3.12. The van der Waals surface area contributed by atoms with Crippen molar-refractivity contribution in [3.05, 3.63) is 28.2 Å². The van der Waals surface area contributed by atoms with Gasteiger partial charge in [-0.3, -0.25) is 4.79 Å². The molecule has 0 fully saturated rings. The first kappa shape index (κ1) is 13.1. The molecular weight excluding hydrogens is 284 g/mol. The van der Waals surface area contributed by atoms with Crippen LogP contribution in [0.4, 0.5) is 14.5 Å². The summed E-state index contributed by atoms with van der Waals surface area (Å²) in [5.41, 5.74) is -0.0868. The zero-order chi connectivity index (χ0) is 12.1. The molecule has 16 heavy (non-hydrogen) atoms. The minimum atomic E-state index is -0.835. The van der Waals surface area contributed by atoms with Crippen molar-refractivity contribution in [3.63, 3.8) is 0 Å². The van der Waals surface area contributed by atoms with Gasteiger partial charge in [-0.1, -0.05) is 0 Å². The summed E-state index contributed by atoms with van der Waals surface area (Å²) < 4.78 is 26.1. The Balaban J connectivity index is 2.73. The third-order valence-corrected chi connectivity index (χ3v) is 2.45. The molecule has 0 saturated carbocycles. The van der Waals surface area contributed by atoms with E-state index in [1.165, 1.54) is 0 Å². The van der Waals surface area contributed by atoms with Gasteiger partial charge < -0.3 is 10.4 Å². The molecule has 0 saturated heterocycles. The van der Waals surface area contributed by atoms with Gasteiger partial charge in [0.2, 0.25) is 5.91 Å². The van der Waals surface area contributed by atoms with Gasteiger partial charge in [-0.25, -0.2) is 8.78 Å². The number of hydrogen-bond donors (Lipinski definition) is 2. The molecular formula is C10H10BrF2NO2. The number of carbonyl (C=O) groups is 1. The second kappa shape index (κ2) is 5.91. The number of benzene rings is 1. The summed E-state index contributed by atoms with van der Waals surface area (Å²) in [6, 6.07) is 1.84. The van der Waals surface area contributed by atoms with Gasteiger partial charge >= 0.3 is 0 Å². The Hall–Kier alpha value is -1.01. The molecule has 1 amide bonds. The molecule has 1 aromatic rings. The first-order valence-electron chi connectivity index (χ1n) is 4.60. The Morgan fingerprint density at radius 1 is 1.38 bits per heavy atom. The summed E-state index contributed by atoms with van der Waals surface area (Å²) >= 11 is 2.89. The van der Waals surface area contributed by atoms with Gasteiger partial charge in [-0.15, -0.1) is 0 Å². The lowest BCUT2D eigenvalue weighted by molar-refractivity contribution is -0.116. The topological polar surface area (TPSA) is 49.3 Å². The number of aliphatic hydroxyl groups excluding tert-OH is 1. The van der Waals surface area contributed by atoms with Crippen LogP contribution in [0, 0.1) is 11.6 Å². The zero-order valence-electron chi connectivity index (χ0n) is 8.27. The van der Waals surface area contributed by atoms with Gasteiger partial charge in [0.1, 0.15) is 11.6 Å². The average molecular weight is 294 g/mol. The molecule has 0 aromatic heterocycles. The van der Waals surface area contributed by atoms with E-state index in [2.05, 4.69) is 21.2 Å². The maximum atomic E-state index is 13.2. The number of rotatable bonds is 4. The van der Waals surface area contributed by atoms with E-state index < -0.39 is 17.5 Å². The van der Waals surface area contributed by atoms with Crippen LogP contribution in [0.25, 0.3) is 0 Å². The quantitative estimate of drug-likeness (QED) is 0.838. The fraction of sp³-hybridized carbons (Fsp3) is 0.300. The number of nitrogens with one attached hydrogen (secondary N) is 1. The van der Waals surface area contributed by atoms with Gasteiger partial charge in [0.05, 0.1) is 10.2 Å². The van der Waals surface area contributed by atoms with Crippen molar-refractivity contribution < 1.29 is 18.7 Å². The molecule has 1 aromatic carbocycles. The van der Waals surface area contributed by atoms with E-state index in [-0.39, 0.29) is 23.2 Å². The average Bonchev–Trinajstić information content (AvgIpc) is 2.23. The fourth-order valence-electron chi connectivity index (χ4n) is 1.07. The van der Waals surface area contributed by atoms with E-state index in [0.717, 1.165) is 6.07 Å². The molecule has 0 atom stereocenters. The standard InChI is InChI=1S/C10H10BrF2NO2/c11-6-4-9(8(13)5-7(6)12)14-10(16)2-1-3-15/h4-5,15H,1-3H2,(H,14,16). The second-order valence-corrected chi connectivity index (χ2v) is 3.98. The molecule has 0 unspecified atom stereocenters. The monoisotopic (exact) mass is 293 g/mol. The van der Waals surface area contributed by atoms with Crippen molar-refractivity contribution in [1.82, 2.24) is 0 Å². The molecule has 0 aliphatic carbocycles. The number of aliphatic hydroxyl groups is 1. The normalized spacial score (nSPS) is 10.2. The number of amides is 1. The third-order valence-electron chi connectivity index (χ3n) is 1.85. The Bertz CT molecular complexity index is 399. The smallest absolute Gasteiger partial charge is 0.224 e. The van der Waals surface area contributed by atoms with Crippen LogP contribution in [-0.4, -0.2) is 17.6 Å². The highest BCUT2D eigenvalue weighted by Crippen LogP contribution is 2.23. The molecule has 0 bridgehead atoms. The number of halogens is 3. The zero-order valence-corrected chi connectivity index (χ0v) is 9.85. The summed E-state index contributed by atoms with van der Waals surface area (Å²) in [6.07, 6.45) is 0.390. The molecule has 88 valence electrons. The fourth-order valence-corrected chi connectivity index (χ4v) is 1.41. The minimum absolute atomic E-state index is 0.0753. The van der Waals surface area contributed by atoms with Crippen molar-refractivity contribution >= 4 is 27.5 Å². The molecule has 0 spiro atoms. The van der Waals surface area contributed by atoms with Crippen LogP contribution >= 0.6 is 15.9 Å². The molecule has 3 nitrogen and oxygen atoms in total. The largest absolute Gasteiger partial charge is 0.396 e. The van der Waals surface area contributed by atoms with Crippen molar-refractivity contribution in [2.45, 2.75) is 12.8 Å². The van der Waals surface area contributed by atoms with E-state index in [1.807, 2.05) is 0 Å². The number of anilines is 1. The number of carbonyl (C=O) groups excluding carboxylic acids is 1. The Kier molecular flexibility index (Phi) is 4.82. The van der Waals surface area contributed by atoms with Crippen LogP contribution in [0.15, 0.2) is 16.6 Å². The summed E-state index contributed by atoms with van der Waals surface area (Å²) in [5, 5.41) is 10.8. The van der Waals surface area contributed by atoms with Crippen LogP contribution in [0.5, 0.6) is 0 Å². The highest BCUT2D eigenvalue weighted by atomic mass is 79.9. The van der Waals surface area contributed by atoms with Crippen LogP contribution in [0.2, 0.25) is 0 Å². The lowest BCUT2D eigenvalue weighted by atomic mass is 10.2. The lowest BCUT2D eigenvalue weighted by Crippen LogP contribution is -2.13. The summed E-state index contributed by atoms with van der Waals surface area (Å²) in [6.45, 7) is -0.108. The molecule has 0 aliphatic heterocycles. The molecule has 1 rings (SSSR count). The molecule has 0 heterocycles. The SMILES string of the molecule is O=C(CCCO)Nc1cc(Br)c(F)cc1F. The van der Waals surface area contributed by atoms with Crippen LogP contribution in [0.3, 0.4) is 0 Å². The maximum Gasteiger partial charge on any atom is 0.224 e. The van der Waals surface area contributed by atoms with Gasteiger partial charge in [0.25, 0.3) is 0 Å². The lowest BCUT2D eigenvalue weighted by Gasteiger charge is -2.06. The van der Waals surface area contributed by atoms with Crippen molar-refractivity contribution in [3.8, 4) is 0 Å². The Morgan fingerprint density at radius 3 is 2.69 bits per heavy atom. The van der Waals surface area contributed by atoms with E-state index >= 15 is 0 Å². The van der Waals surface area contributed by atoms with Crippen LogP contribution in [0.1, 0.15) is 12.8 Å². The first-order valence-corrected chi connectivity index (χ1v) is 5.39. The first-order chi connectivity index (χ1) is 7.54. The predicted octanol–water partition coefficient (Wildman–Crippen LogP) is 2.44. The Morgan fingerprint density at radius 2 is 2.06 bits per heavy atom. The molecule has 6 heteroatoms. The van der Waals surface area contributed by atoms with Crippen LogP contribution in [-0.2, 0) is 4.79 Å². The highest BCUT2D eigenvalue weighted by Gasteiger charge is 2.10. The van der Waals surface area contributed by atoms with E-state index in [4.69, 9.17) is 5.11 Å². The molecule has 2 N–H and O–H groups in total. The summed E-state index contributed by atoms with van der Waals surface area (Å²) in [7, 11) is 0. The van der Waals surface area contributed by atoms with E-state index in [9.17, 15) is 13.6 Å². The molecule has 0 aliphatic rings. The van der Waals surface area contributed by atoms with Gasteiger partial charge in [0.15, 0.2) is 0 Å². The van der Waals surface area contributed by atoms with Crippen molar-refractivity contribution in [2.24, 2.45) is 0 Å². The van der Waals surface area contributed by atoms with Gasteiger partial charge in [0, 0.05) is 19.1 Å². The van der Waals surface area contributed by atoms with E-state index in [1.54, 1.807) is 0 Å². The molecule has 0 radical (unpaired) electrons. The number of hydrogen-bond acceptors (Lipinski definition) is 2. The predicted molar refractivity (Wildman–Crippen MR) is 59.0 cm³/mol. The van der Waals surface area contributed by atoms with Crippen LogP contribution < -0.4 is 5.32 Å². The van der Waals surface area contributed by atoms with E-state index in [0.29, 0.717) is 12.5 Å². The maximum absolute atomic E-state index is 13.2. The van der Waals surface area contributed by atoms with Crippen molar-refractivity contribution in [2.75, 3.05) is 11.9 Å². The van der Waals surface area contributed by atoms with Gasteiger partial charge in [-0.2, -0.15) is 0 Å². The third kappa shape index (κ3) is 3.53. The summed E-state index contributed by atoms with van der Waals surface area (Å²) in [5.74, 6) is -1.99. The highest BCUT2D eigenvalue weighted by molar-refractivity contribution is 9.10. The van der Waals surface area contributed by atoms with Gasteiger partial charge in [-0.05, 0) is 28.4 Å². The Labute approximate surface area is 99.6 Å². The summed E-state index contributed by atoms with van der Waals surface area (Å²) in [4.78, 5) is 11.2.